The highest BCUT2D eigenvalue weighted by molar-refractivity contribution is 5.91. The van der Waals surface area contributed by atoms with Crippen LogP contribution in [0.4, 0.5) is 20.2 Å². The molecule has 0 aromatic heterocycles. The van der Waals surface area contributed by atoms with Crippen molar-refractivity contribution in [2.24, 2.45) is 0 Å². The lowest BCUT2D eigenvalue weighted by molar-refractivity contribution is -0.117. The lowest BCUT2D eigenvalue weighted by atomic mass is 10.2. The lowest BCUT2D eigenvalue weighted by Crippen LogP contribution is -2.16. The number of amides is 1. The van der Waals surface area contributed by atoms with Crippen molar-refractivity contribution in [3.8, 4) is 0 Å². The number of hydrogen-bond donors (Lipinski definition) is 2. The molecule has 0 spiro atoms. The molecule has 100 valence electrons. The summed E-state index contributed by atoms with van der Waals surface area (Å²) >= 11 is 0. The molecule has 0 fully saturated rings. The molecule has 4 nitrogen and oxygen atoms in total. The molecule has 18 heavy (non-hydrogen) atoms. The van der Waals surface area contributed by atoms with Crippen LogP contribution in [0.3, 0.4) is 0 Å². The number of nitrogen functional groups attached to an aromatic ring is 1. The number of benzene rings is 1. The van der Waals surface area contributed by atoms with Crippen molar-refractivity contribution < 1.29 is 18.3 Å². The van der Waals surface area contributed by atoms with Gasteiger partial charge in [-0.05, 0) is 30.7 Å². The van der Waals surface area contributed by atoms with Crippen molar-refractivity contribution in [1.82, 2.24) is 0 Å². The highest BCUT2D eigenvalue weighted by Gasteiger charge is 2.06. The smallest absolute Gasteiger partial charge is 0.261 e. The van der Waals surface area contributed by atoms with E-state index in [2.05, 4.69) is 10.1 Å². The molecule has 1 aromatic carbocycles. The van der Waals surface area contributed by atoms with E-state index >= 15 is 0 Å². The SMILES string of the molecule is Cc1cc(N)ccc1NC(=O)CCOCC(F)F. The molecule has 0 saturated carbocycles. The molecule has 0 aliphatic heterocycles. The van der Waals surface area contributed by atoms with E-state index in [1.165, 1.54) is 0 Å². The summed E-state index contributed by atoms with van der Waals surface area (Å²) in [6, 6.07) is 5.11. The van der Waals surface area contributed by atoms with Crippen LogP contribution in [0.5, 0.6) is 0 Å². The third-order valence-corrected chi connectivity index (χ3v) is 2.24. The number of alkyl halides is 2. The van der Waals surface area contributed by atoms with Gasteiger partial charge < -0.3 is 15.8 Å². The number of nitrogens with one attached hydrogen (secondary N) is 1. The van der Waals surface area contributed by atoms with Crippen LogP contribution < -0.4 is 11.1 Å². The first-order chi connectivity index (χ1) is 8.49. The average Bonchev–Trinajstić information content (AvgIpc) is 2.28. The second kappa shape index (κ2) is 6.90. The van der Waals surface area contributed by atoms with Gasteiger partial charge in [-0.15, -0.1) is 0 Å². The van der Waals surface area contributed by atoms with Gasteiger partial charge in [0.15, 0.2) is 0 Å². The predicted molar refractivity (Wildman–Crippen MR) is 65.7 cm³/mol. The summed E-state index contributed by atoms with van der Waals surface area (Å²) in [5.41, 5.74) is 7.70. The Balaban J connectivity index is 2.35. The second-order valence-electron chi connectivity index (χ2n) is 3.84. The number of ether oxygens (including phenoxy) is 1. The van der Waals surface area contributed by atoms with Gasteiger partial charge in [-0.1, -0.05) is 0 Å². The third-order valence-electron chi connectivity index (χ3n) is 2.24. The monoisotopic (exact) mass is 258 g/mol. The first kappa shape index (κ1) is 14.4. The molecule has 0 aliphatic rings. The number of carbonyl (C=O) groups excluding carboxylic acids is 1. The van der Waals surface area contributed by atoms with Gasteiger partial charge in [0, 0.05) is 11.4 Å². The first-order valence-electron chi connectivity index (χ1n) is 5.51. The fourth-order valence-corrected chi connectivity index (χ4v) is 1.38. The van der Waals surface area contributed by atoms with E-state index in [9.17, 15) is 13.6 Å². The molecule has 0 radical (unpaired) electrons. The third kappa shape index (κ3) is 5.09. The Kier molecular flexibility index (Phi) is 5.51. The number of nitrogens with two attached hydrogens (primary N) is 1. The summed E-state index contributed by atoms with van der Waals surface area (Å²) in [6.45, 7) is 1.15. The molecular formula is C12H16F2N2O2. The van der Waals surface area contributed by atoms with Crippen LogP contribution in [-0.2, 0) is 9.53 Å². The van der Waals surface area contributed by atoms with Crippen molar-refractivity contribution in [3.63, 3.8) is 0 Å². The molecule has 1 rings (SSSR count). The van der Waals surface area contributed by atoms with E-state index in [4.69, 9.17) is 5.73 Å². The molecule has 0 atom stereocenters. The molecule has 6 heteroatoms. The Morgan fingerprint density at radius 3 is 2.83 bits per heavy atom. The Hall–Kier alpha value is -1.69. The largest absolute Gasteiger partial charge is 0.399 e. The Labute approximate surface area is 104 Å². The standard InChI is InChI=1S/C12H16F2N2O2/c1-8-6-9(15)2-3-10(8)16-12(17)4-5-18-7-11(13)14/h2-3,6,11H,4-5,7,15H2,1H3,(H,16,17). The zero-order valence-electron chi connectivity index (χ0n) is 10.1. The van der Waals surface area contributed by atoms with Crippen molar-refractivity contribution in [2.45, 2.75) is 19.8 Å². The van der Waals surface area contributed by atoms with Gasteiger partial charge in [0.1, 0.15) is 6.61 Å². The summed E-state index contributed by atoms with van der Waals surface area (Å²) in [7, 11) is 0. The molecule has 0 unspecified atom stereocenters. The van der Waals surface area contributed by atoms with Crippen molar-refractivity contribution in [3.05, 3.63) is 23.8 Å². The van der Waals surface area contributed by atoms with Gasteiger partial charge in [-0.3, -0.25) is 4.79 Å². The fourth-order valence-electron chi connectivity index (χ4n) is 1.38. The average molecular weight is 258 g/mol. The lowest BCUT2D eigenvalue weighted by Gasteiger charge is -2.09. The van der Waals surface area contributed by atoms with Crippen LogP contribution in [0, 0.1) is 6.92 Å². The van der Waals surface area contributed by atoms with Crippen molar-refractivity contribution in [2.75, 3.05) is 24.3 Å². The normalized spacial score (nSPS) is 10.7. The summed E-state index contributed by atoms with van der Waals surface area (Å²) in [5.74, 6) is -0.280. The maximum Gasteiger partial charge on any atom is 0.261 e. The van der Waals surface area contributed by atoms with E-state index in [0.29, 0.717) is 11.4 Å². The zero-order chi connectivity index (χ0) is 13.5. The van der Waals surface area contributed by atoms with Crippen LogP contribution >= 0.6 is 0 Å². The van der Waals surface area contributed by atoms with E-state index in [1.54, 1.807) is 18.2 Å². The number of anilines is 2. The van der Waals surface area contributed by atoms with Gasteiger partial charge in [-0.2, -0.15) is 0 Å². The van der Waals surface area contributed by atoms with E-state index in [1.807, 2.05) is 6.92 Å². The van der Waals surface area contributed by atoms with E-state index in [-0.39, 0.29) is 18.9 Å². The fraction of sp³-hybridized carbons (Fsp3) is 0.417. The summed E-state index contributed by atoms with van der Waals surface area (Å²) in [4.78, 5) is 11.5. The van der Waals surface area contributed by atoms with Gasteiger partial charge in [-0.25, -0.2) is 8.78 Å². The van der Waals surface area contributed by atoms with Crippen LogP contribution in [-0.4, -0.2) is 25.5 Å². The maximum atomic E-state index is 11.8. The number of halogens is 2. The molecule has 0 saturated heterocycles. The molecule has 1 aromatic rings. The van der Waals surface area contributed by atoms with Crippen LogP contribution in [0.15, 0.2) is 18.2 Å². The molecule has 3 N–H and O–H groups in total. The van der Waals surface area contributed by atoms with Crippen LogP contribution in [0.1, 0.15) is 12.0 Å². The molecule has 1 amide bonds. The minimum absolute atomic E-state index is 0.0236. The Bertz CT molecular complexity index is 411. The van der Waals surface area contributed by atoms with Gasteiger partial charge in [0.2, 0.25) is 5.91 Å². The maximum absolute atomic E-state index is 11.8. The minimum Gasteiger partial charge on any atom is -0.399 e. The number of aryl methyl sites for hydroxylation is 1. The molecule has 0 bridgehead atoms. The summed E-state index contributed by atoms with van der Waals surface area (Å²) in [6.07, 6.45) is -2.47. The number of carbonyl (C=O) groups is 1. The van der Waals surface area contributed by atoms with Crippen molar-refractivity contribution in [1.29, 1.82) is 0 Å². The predicted octanol–water partition coefficient (Wildman–Crippen LogP) is 2.19. The Morgan fingerprint density at radius 2 is 2.22 bits per heavy atom. The summed E-state index contributed by atoms with van der Waals surface area (Å²) in [5, 5.41) is 2.66. The quantitative estimate of drug-likeness (QED) is 0.607. The number of rotatable bonds is 6. The molecule has 0 aliphatic carbocycles. The first-order valence-corrected chi connectivity index (χ1v) is 5.51. The second-order valence-corrected chi connectivity index (χ2v) is 3.84. The van der Waals surface area contributed by atoms with E-state index in [0.717, 1.165) is 5.56 Å². The van der Waals surface area contributed by atoms with Crippen molar-refractivity contribution >= 4 is 17.3 Å². The van der Waals surface area contributed by atoms with Crippen LogP contribution in [0.2, 0.25) is 0 Å². The highest BCUT2D eigenvalue weighted by Crippen LogP contribution is 2.17. The Morgan fingerprint density at radius 1 is 1.50 bits per heavy atom. The van der Waals surface area contributed by atoms with Crippen LogP contribution in [0.25, 0.3) is 0 Å². The highest BCUT2D eigenvalue weighted by atomic mass is 19.3. The molecular weight excluding hydrogens is 242 g/mol. The topological polar surface area (TPSA) is 64.3 Å². The zero-order valence-corrected chi connectivity index (χ0v) is 10.1. The minimum atomic E-state index is -2.51. The van der Waals surface area contributed by atoms with Gasteiger partial charge in [0.05, 0.1) is 13.0 Å². The molecule has 0 heterocycles. The number of hydrogen-bond acceptors (Lipinski definition) is 3. The van der Waals surface area contributed by atoms with Gasteiger partial charge >= 0.3 is 0 Å². The summed E-state index contributed by atoms with van der Waals surface area (Å²) < 4.78 is 28.1. The van der Waals surface area contributed by atoms with Gasteiger partial charge in [0.25, 0.3) is 6.43 Å². The van der Waals surface area contributed by atoms with E-state index < -0.39 is 13.0 Å².